The minimum absolute atomic E-state index is 0.193. The van der Waals surface area contributed by atoms with Gasteiger partial charge in [0, 0.05) is 10.8 Å². The number of hydrogen-bond acceptors (Lipinski definition) is 4. The maximum absolute atomic E-state index is 12.7. The predicted molar refractivity (Wildman–Crippen MR) is 93.2 cm³/mol. The Morgan fingerprint density at radius 3 is 2.62 bits per heavy atom. The largest absolute Gasteiger partial charge is 0.486 e. The molecule has 26 heavy (non-hydrogen) atoms. The first-order valence-corrected chi connectivity index (χ1v) is 8.85. The Morgan fingerprint density at radius 2 is 1.88 bits per heavy atom. The summed E-state index contributed by atoms with van der Waals surface area (Å²) in [5.41, 5.74) is -0.115. The molecule has 0 aliphatic rings. The van der Waals surface area contributed by atoms with Gasteiger partial charge in [0.2, 0.25) is 5.16 Å². The molecule has 0 unspecified atom stereocenters. The monoisotopic (exact) mass is 399 g/mol. The van der Waals surface area contributed by atoms with Crippen molar-refractivity contribution < 1.29 is 17.9 Å². The van der Waals surface area contributed by atoms with Gasteiger partial charge in [0.15, 0.2) is 5.82 Å². The molecule has 0 aliphatic carbocycles. The number of halogens is 4. The molecular formula is C17H13ClF3N3OS. The van der Waals surface area contributed by atoms with E-state index in [4.69, 9.17) is 16.3 Å². The fourth-order valence-corrected chi connectivity index (χ4v) is 2.96. The summed E-state index contributed by atoms with van der Waals surface area (Å²) >= 11 is 7.05. The average Bonchev–Trinajstić information content (AvgIpc) is 3.07. The summed E-state index contributed by atoms with van der Waals surface area (Å²) in [6, 6.07) is 12.1. The van der Waals surface area contributed by atoms with Gasteiger partial charge in [-0.25, -0.2) is 4.98 Å². The van der Waals surface area contributed by atoms with Gasteiger partial charge in [0.05, 0.1) is 5.56 Å². The van der Waals surface area contributed by atoms with Crippen LogP contribution in [0.25, 0.3) is 0 Å². The zero-order valence-corrected chi connectivity index (χ0v) is 14.8. The molecule has 1 N–H and O–H groups in total. The molecule has 136 valence electrons. The lowest BCUT2D eigenvalue weighted by molar-refractivity contribution is -0.137. The second kappa shape index (κ2) is 8.01. The number of H-pyrrole nitrogens is 1. The highest BCUT2D eigenvalue weighted by Crippen LogP contribution is 2.30. The first-order valence-electron chi connectivity index (χ1n) is 7.49. The smallest absolute Gasteiger partial charge is 0.416 e. The Hall–Kier alpha value is -2.19. The number of aromatic amines is 1. The van der Waals surface area contributed by atoms with E-state index in [-0.39, 0.29) is 6.61 Å². The van der Waals surface area contributed by atoms with Gasteiger partial charge in [-0.05, 0) is 35.9 Å². The molecule has 0 saturated carbocycles. The van der Waals surface area contributed by atoms with E-state index < -0.39 is 11.7 Å². The topological polar surface area (TPSA) is 50.8 Å². The molecule has 0 amide bonds. The lowest BCUT2D eigenvalue weighted by Gasteiger charge is -2.07. The molecule has 0 fully saturated rings. The van der Waals surface area contributed by atoms with E-state index >= 15 is 0 Å². The van der Waals surface area contributed by atoms with Gasteiger partial charge in [0.1, 0.15) is 12.4 Å². The molecule has 1 aromatic heterocycles. The molecule has 2 aromatic carbocycles. The molecule has 1 heterocycles. The van der Waals surface area contributed by atoms with E-state index in [1.165, 1.54) is 17.8 Å². The standard InChI is InChI=1S/C17H13ClF3N3OS/c18-13-4-6-14(7-5-13)25-9-15-22-16(24-23-15)26-10-11-2-1-3-12(8-11)17(19,20)21/h1-8H,9-10H2,(H,22,23,24). The quantitative estimate of drug-likeness (QED) is 0.568. The first kappa shape index (κ1) is 18.6. The van der Waals surface area contributed by atoms with Gasteiger partial charge in [0.25, 0.3) is 0 Å². The Morgan fingerprint density at radius 1 is 1.12 bits per heavy atom. The van der Waals surface area contributed by atoms with Crippen LogP contribution in [0.3, 0.4) is 0 Å². The van der Waals surface area contributed by atoms with E-state index in [1.807, 2.05) is 0 Å². The lowest BCUT2D eigenvalue weighted by Crippen LogP contribution is -2.04. The fourth-order valence-electron chi connectivity index (χ4n) is 2.07. The molecular weight excluding hydrogens is 387 g/mol. The van der Waals surface area contributed by atoms with E-state index in [0.717, 1.165) is 12.1 Å². The third-order valence-electron chi connectivity index (χ3n) is 3.32. The number of hydrogen-bond donors (Lipinski definition) is 1. The third-order valence-corrected chi connectivity index (χ3v) is 4.49. The van der Waals surface area contributed by atoms with Crippen molar-refractivity contribution in [3.63, 3.8) is 0 Å². The summed E-state index contributed by atoms with van der Waals surface area (Å²) < 4.78 is 43.7. The van der Waals surface area contributed by atoms with E-state index in [2.05, 4.69) is 15.2 Å². The van der Waals surface area contributed by atoms with Crippen molar-refractivity contribution in [2.45, 2.75) is 23.7 Å². The second-order valence-corrected chi connectivity index (χ2v) is 6.67. The van der Waals surface area contributed by atoms with Gasteiger partial charge in [-0.15, -0.1) is 5.10 Å². The third kappa shape index (κ3) is 5.15. The van der Waals surface area contributed by atoms with Crippen LogP contribution in [0.15, 0.2) is 53.7 Å². The number of ether oxygens (including phenoxy) is 1. The number of alkyl halides is 3. The normalized spacial score (nSPS) is 11.5. The minimum Gasteiger partial charge on any atom is -0.486 e. The number of nitrogens with zero attached hydrogens (tertiary/aromatic N) is 2. The van der Waals surface area contributed by atoms with Crippen molar-refractivity contribution in [2.75, 3.05) is 0 Å². The fraction of sp³-hybridized carbons (Fsp3) is 0.176. The summed E-state index contributed by atoms with van der Waals surface area (Å²) in [5, 5.41) is 7.84. The van der Waals surface area contributed by atoms with Gasteiger partial charge in [-0.1, -0.05) is 41.6 Å². The van der Waals surface area contributed by atoms with Crippen LogP contribution in [0.1, 0.15) is 17.0 Å². The van der Waals surface area contributed by atoms with Gasteiger partial charge < -0.3 is 4.74 Å². The van der Waals surface area contributed by atoms with Crippen LogP contribution in [-0.4, -0.2) is 15.2 Å². The Balaban J connectivity index is 1.54. The molecule has 3 aromatic rings. The highest BCUT2D eigenvalue weighted by Gasteiger charge is 2.30. The Labute approximate surface area is 156 Å². The molecule has 9 heteroatoms. The van der Waals surface area contributed by atoms with Crippen molar-refractivity contribution in [1.29, 1.82) is 0 Å². The Bertz CT molecular complexity index is 868. The number of thioether (sulfide) groups is 1. The molecule has 0 bridgehead atoms. The first-order chi connectivity index (χ1) is 12.4. The maximum Gasteiger partial charge on any atom is 0.416 e. The zero-order chi connectivity index (χ0) is 18.6. The van der Waals surface area contributed by atoms with Gasteiger partial charge >= 0.3 is 6.18 Å². The van der Waals surface area contributed by atoms with Crippen molar-refractivity contribution in [2.24, 2.45) is 0 Å². The van der Waals surface area contributed by atoms with Crippen LogP contribution < -0.4 is 4.74 Å². The molecule has 0 spiro atoms. The molecule has 3 rings (SSSR count). The van der Waals surface area contributed by atoms with Crippen LogP contribution in [0.5, 0.6) is 5.75 Å². The zero-order valence-electron chi connectivity index (χ0n) is 13.3. The van der Waals surface area contributed by atoms with Gasteiger partial charge in [-0.2, -0.15) is 13.2 Å². The number of nitrogens with one attached hydrogen (secondary N) is 1. The maximum atomic E-state index is 12.7. The molecule has 0 aliphatic heterocycles. The molecule has 0 saturated heterocycles. The van der Waals surface area contributed by atoms with Crippen molar-refractivity contribution >= 4 is 23.4 Å². The summed E-state index contributed by atoms with van der Waals surface area (Å²) in [5.74, 6) is 1.50. The predicted octanol–water partition coefficient (Wildman–Crippen LogP) is 5.35. The van der Waals surface area contributed by atoms with Crippen molar-refractivity contribution in [3.05, 3.63) is 70.5 Å². The summed E-state index contributed by atoms with van der Waals surface area (Å²) in [7, 11) is 0. The summed E-state index contributed by atoms with van der Waals surface area (Å²) in [6.45, 7) is 0.193. The van der Waals surface area contributed by atoms with Crippen LogP contribution in [0.2, 0.25) is 5.02 Å². The highest BCUT2D eigenvalue weighted by atomic mass is 35.5. The van der Waals surface area contributed by atoms with E-state index in [0.29, 0.717) is 33.1 Å². The average molecular weight is 400 g/mol. The van der Waals surface area contributed by atoms with Crippen molar-refractivity contribution in [1.82, 2.24) is 15.2 Å². The van der Waals surface area contributed by atoms with E-state index in [9.17, 15) is 13.2 Å². The van der Waals surface area contributed by atoms with Crippen LogP contribution in [0, 0.1) is 0 Å². The number of benzene rings is 2. The van der Waals surface area contributed by atoms with Crippen LogP contribution in [-0.2, 0) is 18.5 Å². The lowest BCUT2D eigenvalue weighted by atomic mass is 10.1. The summed E-state index contributed by atoms with van der Waals surface area (Å²) in [6.07, 6.45) is -4.35. The minimum atomic E-state index is -4.35. The summed E-state index contributed by atoms with van der Waals surface area (Å²) in [4.78, 5) is 4.25. The molecule has 0 radical (unpaired) electrons. The van der Waals surface area contributed by atoms with E-state index in [1.54, 1.807) is 30.3 Å². The second-order valence-electron chi connectivity index (χ2n) is 5.29. The molecule has 0 atom stereocenters. The van der Waals surface area contributed by atoms with Crippen LogP contribution >= 0.6 is 23.4 Å². The SMILES string of the molecule is FC(F)(F)c1cccc(CSc2n[nH]c(COc3ccc(Cl)cc3)n2)c1. The Kier molecular flexibility index (Phi) is 5.73. The number of aromatic nitrogens is 3. The highest BCUT2D eigenvalue weighted by molar-refractivity contribution is 7.98. The molecule has 4 nitrogen and oxygen atoms in total. The number of rotatable bonds is 6. The van der Waals surface area contributed by atoms with Crippen LogP contribution in [0.4, 0.5) is 13.2 Å². The van der Waals surface area contributed by atoms with Crippen molar-refractivity contribution in [3.8, 4) is 5.75 Å². The van der Waals surface area contributed by atoms with Gasteiger partial charge in [-0.3, -0.25) is 5.10 Å².